The summed E-state index contributed by atoms with van der Waals surface area (Å²) in [6, 6.07) is 2.99. The molecule has 26 heavy (non-hydrogen) atoms. The molecule has 0 aromatic carbocycles. The van der Waals surface area contributed by atoms with E-state index in [0.29, 0.717) is 18.5 Å². The van der Waals surface area contributed by atoms with Crippen LogP contribution in [0.25, 0.3) is 0 Å². The van der Waals surface area contributed by atoms with Crippen LogP contribution in [0.5, 0.6) is 11.5 Å². The average Bonchev–Trinajstić information content (AvgIpc) is 2.60. The lowest BCUT2D eigenvalue weighted by Crippen LogP contribution is -2.35. The van der Waals surface area contributed by atoms with Crippen LogP contribution in [0.4, 0.5) is 5.82 Å². The van der Waals surface area contributed by atoms with Gasteiger partial charge in [-0.15, -0.1) is 0 Å². The minimum absolute atomic E-state index is 0.0735. The minimum atomic E-state index is -0.740. The highest BCUT2D eigenvalue weighted by Crippen LogP contribution is 2.31. The fourth-order valence-electron chi connectivity index (χ4n) is 3.42. The van der Waals surface area contributed by atoms with Gasteiger partial charge in [0.25, 0.3) is 5.56 Å². The van der Waals surface area contributed by atoms with Crippen molar-refractivity contribution < 1.29 is 20.0 Å². The SMILES string of the molecule is CC(C)Cn1c2c(c(O)c(C(=O)Nc3[nH+]cccc3O)c1=O)CCCC2. The molecule has 7 heteroatoms. The average molecular weight is 358 g/mol. The Morgan fingerprint density at radius 1 is 1.31 bits per heavy atom. The molecule has 0 bridgehead atoms. The fraction of sp³-hybridized carbons (Fsp3) is 0.421. The van der Waals surface area contributed by atoms with Crippen molar-refractivity contribution in [2.75, 3.05) is 5.32 Å². The third-order valence-electron chi connectivity index (χ3n) is 4.59. The van der Waals surface area contributed by atoms with E-state index in [9.17, 15) is 19.8 Å². The van der Waals surface area contributed by atoms with Gasteiger partial charge in [0.1, 0.15) is 5.75 Å². The first-order valence-corrected chi connectivity index (χ1v) is 8.88. The maximum absolute atomic E-state index is 13.0. The highest BCUT2D eigenvalue weighted by Gasteiger charge is 2.30. The molecular weight excluding hydrogens is 334 g/mol. The van der Waals surface area contributed by atoms with E-state index in [-0.39, 0.29) is 28.8 Å². The van der Waals surface area contributed by atoms with E-state index in [2.05, 4.69) is 10.3 Å². The molecule has 0 aliphatic heterocycles. The number of fused-ring (bicyclic) bond motifs is 1. The maximum Gasteiger partial charge on any atom is 0.348 e. The molecule has 0 saturated heterocycles. The molecule has 0 radical (unpaired) electrons. The Hall–Kier alpha value is -2.83. The summed E-state index contributed by atoms with van der Waals surface area (Å²) in [5.74, 6) is -0.829. The van der Waals surface area contributed by atoms with Crippen molar-refractivity contribution in [2.24, 2.45) is 5.92 Å². The van der Waals surface area contributed by atoms with Crippen molar-refractivity contribution in [1.82, 2.24) is 4.57 Å². The Bertz CT molecular complexity index is 902. The van der Waals surface area contributed by atoms with Crippen molar-refractivity contribution in [2.45, 2.75) is 46.1 Å². The first-order valence-electron chi connectivity index (χ1n) is 8.88. The Morgan fingerprint density at radius 3 is 2.73 bits per heavy atom. The zero-order valence-electron chi connectivity index (χ0n) is 15.0. The minimum Gasteiger partial charge on any atom is -0.506 e. The van der Waals surface area contributed by atoms with E-state index < -0.39 is 11.5 Å². The Morgan fingerprint density at radius 2 is 2.04 bits per heavy atom. The van der Waals surface area contributed by atoms with E-state index in [4.69, 9.17) is 0 Å². The number of hydrogen-bond acceptors (Lipinski definition) is 4. The summed E-state index contributed by atoms with van der Waals surface area (Å²) in [6.45, 7) is 4.50. The molecule has 1 amide bonds. The molecule has 7 nitrogen and oxygen atoms in total. The predicted molar refractivity (Wildman–Crippen MR) is 96.5 cm³/mol. The summed E-state index contributed by atoms with van der Waals surface area (Å²) in [4.78, 5) is 28.4. The summed E-state index contributed by atoms with van der Waals surface area (Å²) in [5, 5.41) is 22.9. The number of anilines is 1. The van der Waals surface area contributed by atoms with Crippen LogP contribution in [0.15, 0.2) is 23.1 Å². The van der Waals surface area contributed by atoms with Gasteiger partial charge in [-0.3, -0.25) is 4.79 Å². The predicted octanol–water partition coefficient (Wildman–Crippen LogP) is 1.86. The second-order valence-electron chi connectivity index (χ2n) is 7.05. The second-order valence-corrected chi connectivity index (χ2v) is 7.05. The molecule has 2 aromatic rings. The van der Waals surface area contributed by atoms with Crippen molar-refractivity contribution >= 4 is 11.7 Å². The Labute approximate surface area is 151 Å². The number of aromatic amines is 1. The number of aromatic nitrogens is 2. The lowest BCUT2D eigenvalue weighted by molar-refractivity contribution is -0.361. The maximum atomic E-state index is 13.0. The van der Waals surface area contributed by atoms with Gasteiger partial charge in [-0.2, -0.15) is 0 Å². The van der Waals surface area contributed by atoms with E-state index in [1.165, 1.54) is 6.07 Å². The number of nitrogens with zero attached hydrogens (tertiary/aromatic N) is 1. The lowest BCUT2D eigenvalue weighted by atomic mass is 9.92. The first kappa shape index (κ1) is 18.0. The van der Waals surface area contributed by atoms with Gasteiger partial charge in [-0.1, -0.05) is 13.8 Å². The van der Waals surface area contributed by atoms with E-state index >= 15 is 0 Å². The number of rotatable bonds is 4. The Kier molecular flexibility index (Phi) is 4.97. The van der Waals surface area contributed by atoms with E-state index in [0.717, 1.165) is 25.0 Å². The number of nitrogens with one attached hydrogen (secondary N) is 2. The van der Waals surface area contributed by atoms with Crippen LogP contribution in [-0.4, -0.2) is 20.7 Å². The molecule has 0 spiro atoms. The van der Waals surface area contributed by atoms with Crippen molar-refractivity contribution in [1.29, 1.82) is 0 Å². The fourth-order valence-corrected chi connectivity index (χ4v) is 3.42. The summed E-state index contributed by atoms with van der Waals surface area (Å²) in [5.41, 5.74) is 0.744. The van der Waals surface area contributed by atoms with Crippen molar-refractivity contribution in [3.63, 3.8) is 0 Å². The number of hydrogen-bond donors (Lipinski definition) is 3. The van der Waals surface area contributed by atoms with Crippen molar-refractivity contribution in [3.05, 3.63) is 45.5 Å². The topological polar surface area (TPSA) is 106 Å². The number of H-pyrrole nitrogens is 1. The largest absolute Gasteiger partial charge is 0.506 e. The monoisotopic (exact) mass is 358 g/mol. The van der Waals surface area contributed by atoms with Crippen LogP contribution in [0.2, 0.25) is 0 Å². The summed E-state index contributed by atoms with van der Waals surface area (Å²) in [6.07, 6.45) is 4.78. The number of carbonyl (C=O) groups is 1. The van der Waals surface area contributed by atoms with Crippen LogP contribution in [-0.2, 0) is 19.4 Å². The molecule has 2 heterocycles. The van der Waals surface area contributed by atoms with Crippen molar-refractivity contribution in [3.8, 4) is 11.5 Å². The quantitative estimate of drug-likeness (QED) is 0.775. The van der Waals surface area contributed by atoms with E-state index in [1.54, 1.807) is 16.8 Å². The third-order valence-corrected chi connectivity index (χ3v) is 4.59. The summed E-state index contributed by atoms with van der Waals surface area (Å²) in [7, 11) is 0. The van der Waals surface area contributed by atoms with Crippen LogP contribution in [0.1, 0.15) is 48.3 Å². The standard InChI is InChI=1S/C19H23N3O4/c1-11(2)10-22-13-7-4-3-6-12(13)16(24)15(19(22)26)18(25)21-17-14(23)8-5-9-20-17/h5,8-9,11,23-24H,3-4,6-7,10H2,1-2H3,(H,20,21,25)/p+1. The highest BCUT2D eigenvalue weighted by molar-refractivity contribution is 6.05. The normalized spacial score (nSPS) is 13.5. The zero-order valence-corrected chi connectivity index (χ0v) is 15.0. The van der Waals surface area contributed by atoms with Gasteiger partial charge in [-0.05, 0) is 43.7 Å². The molecule has 0 saturated carbocycles. The molecule has 0 atom stereocenters. The van der Waals surface area contributed by atoms with Gasteiger partial charge < -0.3 is 14.8 Å². The van der Waals surface area contributed by atoms with Gasteiger partial charge in [0.05, 0.1) is 6.20 Å². The second kappa shape index (κ2) is 7.19. The first-order chi connectivity index (χ1) is 12.4. The molecule has 1 aliphatic rings. The zero-order chi connectivity index (χ0) is 18.8. The smallest absolute Gasteiger partial charge is 0.348 e. The molecule has 0 fully saturated rings. The van der Waals surface area contributed by atoms with Crippen LogP contribution in [0, 0.1) is 5.92 Å². The molecule has 4 N–H and O–H groups in total. The molecular formula is C19H24N3O4+. The summed E-state index contributed by atoms with van der Waals surface area (Å²) < 4.78 is 1.63. The van der Waals surface area contributed by atoms with E-state index in [1.807, 2.05) is 13.8 Å². The third kappa shape index (κ3) is 3.29. The lowest BCUT2D eigenvalue weighted by Gasteiger charge is -2.24. The number of amides is 1. The Balaban J connectivity index is 2.10. The summed E-state index contributed by atoms with van der Waals surface area (Å²) >= 11 is 0. The van der Waals surface area contributed by atoms with Gasteiger partial charge in [0, 0.05) is 17.8 Å². The molecule has 0 unspecified atom stereocenters. The molecule has 1 aliphatic carbocycles. The van der Waals surface area contributed by atoms with Gasteiger partial charge in [0.15, 0.2) is 5.56 Å². The highest BCUT2D eigenvalue weighted by atomic mass is 16.3. The number of carbonyl (C=O) groups excluding carboxylic acids is 1. The molecule has 3 rings (SSSR count). The molecule has 2 aromatic heterocycles. The van der Waals surface area contributed by atoms with Crippen LogP contribution < -0.4 is 15.9 Å². The molecule has 138 valence electrons. The van der Waals surface area contributed by atoms with Gasteiger partial charge in [-0.25, -0.2) is 15.1 Å². The number of pyridine rings is 2. The van der Waals surface area contributed by atoms with Gasteiger partial charge >= 0.3 is 11.7 Å². The number of aromatic hydroxyl groups is 2. The van der Waals surface area contributed by atoms with Crippen LogP contribution in [0.3, 0.4) is 0 Å². The van der Waals surface area contributed by atoms with Crippen LogP contribution >= 0.6 is 0 Å². The van der Waals surface area contributed by atoms with Gasteiger partial charge in [0.2, 0.25) is 5.75 Å².